The summed E-state index contributed by atoms with van der Waals surface area (Å²) in [6, 6.07) is 19.6. The highest BCUT2D eigenvalue weighted by Gasteiger charge is 1.95. The van der Waals surface area contributed by atoms with Crippen LogP contribution < -0.4 is 5.32 Å². The molecule has 2 heteroatoms. The summed E-state index contributed by atoms with van der Waals surface area (Å²) in [5.74, 6) is 0. The van der Waals surface area contributed by atoms with E-state index in [1.807, 2.05) is 0 Å². The van der Waals surface area contributed by atoms with Crippen molar-refractivity contribution in [1.29, 1.82) is 0 Å². The minimum atomic E-state index is 0. The third-order valence-electron chi connectivity index (χ3n) is 3.32. The van der Waals surface area contributed by atoms with Crippen molar-refractivity contribution in [3.8, 4) is 0 Å². The molecule has 2 rings (SSSR count). The molecule has 0 saturated carbocycles. The Morgan fingerprint density at radius 2 is 1.35 bits per heavy atom. The maximum atomic E-state index is 3.49. The van der Waals surface area contributed by atoms with E-state index in [1.54, 1.807) is 0 Å². The van der Waals surface area contributed by atoms with Crippen LogP contribution in [0.25, 0.3) is 0 Å². The summed E-state index contributed by atoms with van der Waals surface area (Å²) in [7, 11) is 0. The first-order valence-corrected chi connectivity index (χ1v) is 7.21. The highest BCUT2D eigenvalue weighted by atomic mass is 35.5. The van der Waals surface area contributed by atoms with Crippen molar-refractivity contribution >= 4 is 12.4 Å². The molecule has 0 bridgehead atoms. The molecular weight excluding hydrogens is 266 g/mol. The molecule has 1 nitrogen and oxygen atoms in total. The second-order valence-corrected chi connectivity index (χ2v) is 4.98. The van der Waals surface area contributed by atoms with E-state index in [2.05, 4.69) is 66.8 Å². The largest absolute Gasteiger partial charge is 0.312 e. The number of hydrogen-bond acceptors (Lipinski definition) is 1. The van der Waals surface area contributed by atoms with E-state index in [9.17, 15) is 0 Å². The van der Waals surface area contributed by atoms with Gasteiger partial charge in [-0.05, 0) is 36.1 Å². The summed E-state index contributed by atoms with van der Waals surface area (Å²) in [6.45, 7) is 4.21. The van der Waals surface area contributed by atoms with Crippen molar-refractivity contribution in [2.24, 2.45) is 0 Å². The minimum Gasteiger partial charge on any atom is -0.312 e. The van der Waals surface area contributed by atoms with E-state index in [0.717, 1.165) is 19.5 Å². The average Bonchev–Trinajstić information content (AvgIpc) is 2.47. The Balaban J connectivity index is 0.00000200. The van der Waals surface area contributed by atoms with Crippen LogP contribution in [0.1, 0.15) is 30.0 Å². The average molecular weight is 290 g/mol. The monoisotopic (exact) mass is 289 g/mol. The van der Waals surface area contributed by atoms with Crippen LogP contribution in [0.2, 0.25) is 0 Å². The lowest BCUT2D eigenvalue weighted by molar-refractivity contribution is 0.687. The molecule has 0 heterocycles. The Bertz CT molecular complexity index is 465. The maximum Gasteiger partial charge on any atom is 0.0205 e. The van der Waals surface area contributed by atoms with Gasteiger partial charge in [-0.1, -0.05) is 67.9 Å². The molecule has 0 aliphatic heterocycles. The van der Waals surface area contributed by atoms with Crippen LogP contribution >= 0.6 is 12.4 Å². The smallest absolute Gasteiger partial charge is 0.0205 e. The Morgan fingerprint density at radius 3 is 1.95 bits per heavy atom. The lowest BCUT2D eigenvalue weighted by Gasteiger charge is -2.06. The van der Waals surface area contributed by atoms with Gasteiger partial charge in [-0.25, -0.2) is 0 Å². The van der Waals surface area contributed by atoms with Crippen molar-refractivity contribution in [2.45, 2.75) is 32.7 Å². The zero-order valence-electron chi connectivity index (χ0n) is 12.1. The number of benzene rings is 2. The van der Waals surface area contributed by atoms with Crippen LogP contribution in [0.4, 0.5) is 0 Å². The highest BCUT2D eigenvalue weighted by Crippen LogP contribution is 2.07. The summed E-state index contributed by atoms with van der Waals surface area (Å²) >= 11 is 0. The molecule has 0 amide bonds. The van der Waals surface area contributed by atoms with Crippen LogP contribution in [-0.2, 0) is 19.4 Å². The van der Waals surface area contributed by atoms with Gasteiger partial charge in [-0.2, -0.15) is 0 Å². The lowest BCUT2D eigenvalue weighted by Crippen LogP contribution is -2.16. The van der Waals surface area contributed by atoms with Gasteiger partial charge in [0.05, 0.1) is 0 Å². The SMILES string of the molecule is CCCc1ccc(CCNCc2ccccc2)cc1.Cl. The van der Waals surface area contributed by atoms with E-state index >= 15 is 0 Å². The summed E-state index contributed by atoms with van der Waals surface area (Å²) in [6.07, 6.45) is 3.50. The molecule has 0 spiro atoms. The Kier molecular flexibility index (Phi) is 8.01. The number of halogens is 1. The van der Waals surface area contributed by atoms with Crippen LogP contribution in [-0.4, -0.2) is 6.54 Å². The third-order valence-corrected chi connectivity index (χ3v) is 3.32. The van der Waals surface area contributed by atoms with E-state index in [1.165, 1.54) is 29.5 Å². The van der Waals surface area contributed by atoms with Gasteiger partial charge in [0.15, 0.2) is 0 Å². The summed E-state index contributed by atoms with van der Waals surface area (Å²) in [5, 5.41) is 3.49. The molecule has 0 radical (unpaired) electrons. The van der Waals surface area contributed by atoms with E-state index in [-0.39, 0.29) is 12.4 Å². The summed E-state index contributed by atoms with van der Waals surface area (Å²) in [4.78, 5) is 0. The standard InChI is InChI=1S/C18H23N.ClH/c1-2-6-16-9-11-17(12-10-16)13-14-19-15-18-7-4-3-5-8-18;/h3-5,7-12,19H,2,6,13-15H2,1H3;1H. The van der Waals surface area contributed by atoms with Gasteiger partial charge in [-0.15, -0.1) is 12.4 Å². The molecule has 0 aliphatic carbocycles. The molecule has 2 aromatic rings. The number of aryl methyl sites for hydroxylation is 1. The maximum absolute atomic E-state index is 3.49. The van der Waals surface area contributed by atoms with Gasteiger partial charge < -0.3 is 5.32 Å². The third kappa shape index (κ3) is 5.77. The van der Waals surface area contributed by atoms with Gasteiger partial charge in [0.2, 0.25) is 0 Å². The van der Waals surface area contributed by atoms with Gasteiger partial charge in [0, 0.05) is 6.54 Å². The zero-order valence-corrected chi connectivity index (χ0v) is 13.0. The normalized spacial score (nSPS) is 10.1. The fourth-order valence-corrected chi connectivity index (χ4v) is 2.22. The lowest BCUT2D eigenvalue weighted by atomic mass is 10.1. The van der Waals surface area contributed by atoms with Gasteiger partial charge in [0.1, 0.15) is 0 Å². The Morgan fingerprint density at radius 1 is 0.750 bits per heavy atom. The van der Waals surface area contributed by atoms with Gasteiger partial charge in [-0.3, -0.25) is 0 Å². The highest BCUT2D eigenvalue weighted by molar-refractivity contribution is 5.85. The quantitative estimate of drug-likeness (QED) is 0.745. The van der Waals surface area contributed by atoms with Crippen molar-refractivity contribution < 1.29 is 0 Å². The van der Waals surface area contributed by atoms with E-state index in [4.69, 9.17) is 0 Å². The molecule has 0 saturated heterocycles. The number of nitrogens with one attached hydrogen (secondary N) is 1. The Labute approximate surface area is 128 Å². The van der Waals surface area contributed by atoms with Crippen molar-refractivity contribution in [3.63, 3.8) is 0 Å². The first-order chi connectivity index (χ1) is 9.38. The molecule has 0 unspecified atom stereocenters. The van der Waals surface area contributed by atoms with Crippen LogP contribution in [0, 0.1) is 0 Å². The molecule has 0 fully saturated rings. The van der Waals surface area contributed by atoms with E-state index < -0.39 is 0 Å². The van der Waals surface area contributed by atoms with Crippen LogP contribution in [0.5, 0.6) is 0 Å². The Hall–Kier alpha value is -1.31. The zero-order chi connectivity index (χ0) is 13.3. The molecule has 0 atom stereocenters. The van der Waals surface area contributed by atoms with Crippen molar-refractivity contribution in [1.82, 2.24) is 5.32 Å². The molecule has 1 N–H and O–H groups in total. The molecular formula is C18H24ClN. The topological polar surface area (TPSA) is 12.0 Å². The van der Waals surface area contributed by atoms with Crippen LogP contribution in [0.3, 0.4) is 0 Å². The molecule has 0 aliphatic rings. The molecule has 2 aromatic carbocycles. The fraction of sp³-hybridized carbons (Fsp3) is 0.333. The second kappa shape index (κ2) is 9.57. The van der Waals surface area contributed by atoms with Crippen molar-refractivity contribution in [2.75, 3.05) is 6.54 Å². The molecule has 20 heavy (non-hydrogen) atoms. The number of rotatable bonds is 7. The number of hydrogen-bond donors (Lipinski definition) is 1. The molecule has 0 aromatic heterocycles. The first-order valence-electron chi connectivity index (χ1n) is 7.21. The first kappa shape index (κ1) is 16.7. The van der Waals surface area contributed by atoms with Gasteiger partial charge in [0.25, 0.3) is 0 Å². The predicted octanol–water partition coefficient (Wildman–Crippen LogP) is 4.39. The second-order valence-electron chi connectivity index (χ2n) is 4.98. The van der Waals surface area contributed by atoms with E-state index in [0.29, 0.717) is 0 Å². The fourth-order valence-electron chi connectivity index (χ4n) is 2.22. The summed E-state index contributed by atoms with van der Waals surface area (Å²) < 4.78 is 0. The van der Waals surface area contributed by atoms with Gasteiger partial charge >= 0.3 is 0 Å². The predicted molar refractivity (Wildman–Crippen MR) is 89.5 cm³/mol. The minimum absolute atomic E-state index is 0. The molecule has 108 valence electrons. The summed E-state index contributed by atoms with van der Waals surface area (Å²) in [5.41, 5.74) is 4.21. The van der Waals surface area contributed by atoms with Crippen LogP contribution in [0.15, 0.2) is 54.6 Å². The van der Waals surface area contributed by atoms with Crippen molar-refractivity contribution in [3.05, 3.63) is 71.3 Å².